The molecule has 0 spiro atoms. The number of nitrogens with zero attached hydrogens (tertiary/aromatic N) is 2. The lowest BCUT2D eigenvalue weighted by molar-refractivity contribution is 1.08. The summed E-state index contributed by atoms with van der Waals surface area (Å²) in [6.07, 6.45) is 0. The highest BCUT2D eigenvalue weighted by atomic mass is 14.9. The van der Waals surface area contributed by atoms with Crippen LogP contribution >= 0.6 is 0 Å². The van der Waals surface area contributed by atoms with E-state index in [4.69, 9.17) is 5.73 Å². The first-order valence-corrected chi connectivity index (χ1v) is 4.84. The first-order valence-electron chi connectivity index (χ1n) is 4.84. The van der Waals surface area contributed by atoms with E-state index in [9.17, 15) is 0 Å². The maximum atomic E-state index is 5.81. The van der Waals surface area contributed by atoms with E-state index in [-0.39, 0.29) is 0 Å². The molecule has 0 atom stereocenters. The SMILES string of the molecule is Cc1nc(-c2ccccc2)nc(N)c1C. The summed E-state index contributed by atoms with van der Waals surface area (Å²) in [7, 11) is 0. The second-order valence-electron chi connectivity index (χ2n) is 3.51. The monoisotopic (exact) mass is 199 g/mol. The van der Waals surface area contributed by atoms with Gasteiger partial charge in [-0.05, 0) is 13.8 Å². The van der Waals surface area contributed by atoms with Crippen molar-refractivity contribution in [1.29, 1.82) is 0 Å². The van der Waals surface area contributed by atoms with Gasteiger partial charge < -0.3 is 5.73 Å². The Morgan fingerprint density at radius 3 is 2.27 bits per heavy atom. The normalized spacial score (nSPS) is 10.3. The summed E-state index contributed by atoms with van der Waals surface area (Å²) in [6, 6.07) is 9.84. The second-order valence-corrected chi connectivity index (χ2v) is 3.51. The first-order chi connectivity index (χ1) is 7.18. The molecule has 0 amide bonds. The van der Waals surface area contributed by atoms with Crippen LogP contribution in [0.5, 0.6) is 0 Å². The van der Waals surface area contributed by atoms with Crippen LogP contribution in [0, 0.1) is 13.8 Å². The molecule has 0 saturated heterocycles. The molecular weight excluding hydrogens is 186 g/mol. The lowest BCUT2D eigenvalue weighted by atomic mass is 10.2. The van der Waals surface area contributed by atoms with Crippen LogP contribution in [0.3, 0.4) is 0 Å². The first kappa shape index (κ1) is 9.65. The van der Waals surface area contributed by atoms with E-state index in [0.29, 0.717) is 11.6 Å². The molecule has 1 heterocycles. The average molecular weight is 199 g/mol. The van der Waals surface area contributed by atoms with Crippen molar-refractivity contribution in [3.05, 3.63) is 41.6 Å². The smallest absolute Gasteiger partial charge is 0.161 e. The van der Waals surface area contributed by atoms with E-state index in [1.807, 2.05) is 44.2 Å². The predicted molar refractivity (Wildman–Crippen MR) is 61.4 cm³/mol. The highest BCUT2D eigenvalue weighted by Crippen LogP contribution is 2.18. The van der Waals surface area contributed by atoms with E-state index in [0.717, 1.165) is 16.8 Å². The lowest BCUT2D eigenvalue weighted by Gasteiger charge is -2.06. The molecule has 0 aliphatic heterocycles. The van der Waals surface area contributed by atoms with Crippen molar-refractivity contribution >= 4 is 5.82 Å². The van der Waals surface area contributed by atoms with Crippen LogP contribution in [0.1, 0.15) is 11.3 Å². The van der Waals surface area contributed by atoms with Gasteiger partial charge in [0.15, 0.2) is 5.82 Å². The molecule has 1 aromatic heterocycles. The van der Waals surface area contributed by atoms with Crippen LogP contribution in [0.4, 0.5) is 5.82 Å². The van der Waals surface area contributed by atoms with Crippen LogP contribution < -0.4 is 5.73 Å². The molecule has 2 N–H and O–H groups in total. The van der Waals surface area contributed by atoms with Crippen molar-refractivity contribution in [2.45, 2.75) is 13.8 Å². The van der Waals surface area contributed by atoms with E-state index in [2.05, 4.69) is 9.97 Å². The Balaban J connectivity index is 2.56. The lowest BCUT2D eigenvalue weighted by Crippen LogP contribution is -2.01. The summed E-state index contributed by atoms with van der Waals surface area (Å²) in [5.74, 6) is 1.25. The van der Waals surface area contributed by atoms with Gasteiger partial charge >= 0.3 is 0 Å². The van der Waals surface area contributed by atoms with Crippen molar-refractivity contribution in [2.24, 2.45) is 0 Å². The van der Waals surface area contributed by atoms with Gasteiger partial charge in [0.25, 0.3) is 0 Å². The molecule has 0 bridgehead atoms. The molecule has 2 rings (SSSR count). The molecule has 1 aromatic carbocycles. The Morgan fingerprint density at radius 2 is 1.67 bits per heavy atom. The zero-order valence-corrected chi connectivity index (χ0v) is 8.86. The van der Waals surface area contributed by atoms with Crippen molar-refractivity contribution in [1.82, 2.24) is 9.97 Å². The number of benzene rings is 1. The maximum Gasteiger partial charge on any atom is 0.161 e. The van der Waals surface area contributed by atoms with Crippen LogP contribution in [-0.2, 0) is 0 Å². The fraction of sp³-hybridized carbons (Fsp3) is 0.167. The molecule has 76 valence electrons. The number of aromatic nitrogens is 2. The maximum absolute atomic E-state index is 5.81. The third kappa shape index (κ3) is 1.81. The topological polar surface area (TPSA) is 51.8 Å². The quantitative estimate of drug-likeness (QED) is 0.767. The van der Waals surface area contributed by atoms with Gasteiger partial charge in [0, 0.05) is 16.8 Å². The van der Waals surface area contributed by atoms with Crippen molar-refractivity contribution in [2.75, 3.05) is 5.73 Å². The summed E-state index contributed by atoms with van der Waals surface area (Å²) >= 11 is 0. The molecule has 3 heteroatoms. The molecule has 0 saturated carbocycles. The molecule has 3 nitrogen and oxygen atoms in total. The van der Waals surface area contributed by atoms with E-state index >= 15 is 0 Å². The minimum absolute atomic E-state index is 0.557. The molecule has 2 aromatic rings. The highest BCUT2D eigenvalue weighted by Gasteiger charge is 2.06. The van der Waals surface area contributed by atoms with Gasteiger partial charge in [0.05, 0.1) is 0 Å². The number of nitrogen functional groups attached to an aromatic ring is 1. The van der Waals surface area contributed by atoms with E-state index in [1.165, 1.54) is 0 Å². The van der Waals surface area contributed by atoms with Crippen LogP contribution in [-0.4, -0.2) is 9.97 Å². The number of rotatable bonds is 1. The van der Waals surface area contributed by atoms with Gasteiger partial charge in [0.2, 0.25) is 0 Å². The zero-order valence-electron chi connectivity index (χ0n) is 8.86. The number of nitrogens with two attached hydrogens (primary N) is 1. The number of hydrogen-bond acceptors (Lipinski definition) is 3. The zero-order chi connectivity index (χ0) is 10.8. The number of hydrogen-bond donors (Lipinski definition) is 1. The Labute approximate surface area is 89.0 Å². The van der Waals surface area contributed by atoms with Crippen LogP contribution in [0.2, 0.25) is 0 Å². The van der Waals surface area contributed by atoms with Crippen molar-refractivity contribution in [3.63, 3.8) is 0 Å². The molecule has 0 aliphatic carbocycles. The summed E-state index contributed by atoms with van der Waals surface area (Å²) in [5, 5.41) is 0. The molecule has 0 unspecified atom stereocenters. The average Bonchev–Trinajstić information content (AvgIpc) is 2.26. The molecule has 15 heavy (non-hydrogen) atoms. The summed E-state index contributed by atoms with van der Waals surface area (Å²) < 4.78 is 0. The van der Waals surface area contributed by atoms with Crippen LogP contribution in [0.15, 0.2) is 30.3 Å². The summed E-state index contributed by atoms with van der Waals surface area (Å²) in [5.41, 5.74) is 8.69. The van der Waals surface area contributed by atoms with Gasteiger partial charge in [-0.25, -0.2) is 9.97 Å². The fourth-order valence-corrected chi connectivity index (χ4v) is 1.37. The summed E-state index contributed by atoms with van der Waals surface area (Å²) in [6.45, 7) is 3.87. The minimum Gasteiger partial charge on any atom is -0.383 e. The van der Waals surface area contributed by atoms with Gasteiger partial charge in [-0.15, -0.1) is 0 Å². The van der Waals surface area contributed by atoms with Gasteiger partial charge in [0.1, 0.15) is 5.82 Å². The standard InChI is InChI=1S/C12H13N3/c1-8-9(2)14-12(15-11(8)13)10-6-4-3-5-7-10/h3-7H,1-2H3,(H2,13,14,15). The minimum atomic E-state index is 0.557. The third-order valence-electron chi connectivity index (χ3n) is 2.46. The van der Waals surface area contributed by atoms with Crippen molar-refractivity contribution in [3.8, 4) is 11.4 Å². The number of aryl methyl sites for hydroxylation is 1. The largest absolute Gasteiger partial charge is 0.383 e. The molecule has 0 aliphatic rings. The Morgan fingerprint density at radius 1 is 1.00 bits per heavy atom. The van der Waals surface area contributed by atoms with Crippen LogP contribution in [0.25, 0.3) is 11.4 Å². The predicted octanol–water partition coefficient (Wildman–Crippen LogP) is 2.34. The van der Waals surface area contributed by atoms with Gasteiger partial charge in [-0.1, -0.05) is 30.3 Å². The van der Waals surface area contributed by atoms with E-state index in [1.54, 1.807) is 0 Å². The van der Waals surface area contributed by atoms with E-state index < -0.39 is 0 Å². The fourth-order valence-electron chi connectivity index (χ4n) is 1.37. The Kier molecular flexibility index (Phi) is 2.37. The second kappa shape index (κ2) is 3.69. The Hall–Kier alpha value is -1.90. The molecule has 0 radical (unpaired) electrons. The van der Waals surface area contributed by atoms with Gasteiger partial charge in [-0.2, -0.15) is 0 Å². The Bertz CT molecular complexity index is 454. The summed E-state index contributed by atoms with van der Waals surface area (Å²) in [4.78, 5) is 8.68. The highest BCUT2D eigenvalue weighted by molar-refractivity contribution is 5.58. The molecular formula is C12H13N3. The van der Waals surface area contributed by atoms with Crippen molar-refractivity contribution < 1.29 is 0 Å². The molecule has 0 fully saturated rings. The third-order valence-corrected chi connectivity index (χ3v) is 2.46. The number of anilines is 1. The van der Waals surface area contributed by atoms with Gasteiger partial charge in [-0.3, -0.25) is 0 Å².